The van der Waals surface area contributed by atoms with E-state index in [1.807, 2.05) is 41.3 Å². The quantitative estimate of drug-likeness (QED) is 0.232. The molecule has 228 valence electrons. The van der Waals surface area contributed by atoms with Crippen LogP contribution in [0.5, 0.6) is 11.5 Å². The second-order valence-electron chi connectivity index (χ2n) is 12.1. The summed E-state index contributed by atoms with van der Waals surface area (Å²) in [5.41, 5.74) is 0.627. The summed E-state index contributed by atoms with van der Waals surface area (Å²) < 4.78 is 24.0. The van der Waals surface area contributed by atoms with E-state index < -0.39 is 17.2 Å². The number of anilines is 1. The molecule has 0 spiro atoms. The summed E-state index contributed by atoms with van der Waals surface area (Å²) >= 11 is 0. The van der Waals surface area contributed by atoms with Crippen LogP contribution >= 0.6 is 0 Å². The third-order valence-corrected chi connectivity index (χ3v) is 9.25. The van der Waals surface area contributed by atoms with Gasteiger partial charge in [-0.15, -0.1) is 0 Å². The molecule has 3 aromatic carbocycles. The molecule has 0 aliphatic carbocycles. The van der Waals surface area contributed by atoms with Crippen LogP contribution in [0.1, 0.15) is 48.9 Å². The van der Waals surface area contributed by atoms with Gasteiger partial charge in [0.2, 0.25) is 11.3 Å². The predicted octanol–water partition coefficient (Wildman–Crippen LogP) is 5.03. The van der Waals surface area contributed by atoms with Gasteiger partial charge in [-0.25, -0.2) is 4.39 Å². The van der Waals surface area contributed by atoms with Gasteiger partial charge in [-0.1, -0.05) is 24.3 Å². The number of carbonyl (C=O) groups is 2. The first-order valence-electron chi connectivity index (χ1n) is 15.5. The predicted molar refractivity (Wildman–Crippen MR) is 169 cm³/mol. The third kappa shape index (κ3) is 5.06. The van der Waals surface area contributed by atoms with Gasteiger partial charge in [0, 0.05) is 44.8 Å². The lowest BCUT2D eigenvalue weighted by Gasteiger charge is -2.27. The van der Waals surface area contributed by atoms with Gasteiger partial charge in [-0.3, -0.25) is 14.4 Å². The average molecular weight is 598 g/mol. The van der Waals surface area contributed by atoms with Gasteiger partial charge in [0.15, 0.2) is 17.3 Å². The van der Waals surface area contributed by atoms with E-state index >= 15 is 4.39 Å². The van der Waals surface area contributed by atoms with Crippen molar-refractivity contribution in [2.75, 3.05) is 45.1 Å². The molecule has 0 radical (unpaired) electrons. The molecule has 1 unspecified atom stereocenters. The molecule has 2 amide bonds. The van der Waals surface area contributed by atoms with E-state index in [1.54, 1.807) is 10.8 Å². The van der Waals surface area contributed by atoms with Crippen molar-refractivity contribution in [2.24, 2.45) is 0 Å². The summed E-state index contributed by atoms with van der Waals surface area (Å²) in [6.07, 6.45) is 6.67. The number of nitrogens with one attached hydrogen (secondary N) is 2. The monoisotopic (exact) mass is 597 g/mol. The Hall–Kier alpha value is -4.44. The molecule has 10 heteroatoms. The number of pyridine rings is 1. The SMILES string of the molecule is CN1CCCC1CCNC(=O)c1cn2c3c(c(NCCCN4CCCC4=O)c(F)cc3c1=O)Oc1cc3ccccc3cc1-2. The number of ether oxygens (including phenoxy) is 1. The fraction of sp³-hybridized carbons (Fsp3) is 0.382. The second-order valence-corrected chi connectivity index (χ2v) is 12.1. The summed E-state index contributed by atoms with van der Waals surface area (Å²) in [5, 5.41) is 8.09. The molecule has 7 rings (SSSR count). The van der Waals surface area contributed by atoms with Crippen molar-refractivity contribution >= 4 is 39.2 Å². The van der Waals surface area contributed by atoms with Crippen LogP contribution in [0.4, 0.5) is 10.1 Å². The number of hydrogen-bond donors (Lipinski definition) is 2. The third-order valence-electron chi connectivity index (χ3n) is 9.25. The van der Waals surface area contributed by atoms with Gasteiger partial charge in [0.1, 0.15) is 16.8 Å². The Morgan fingerprint density at radius 1 is 1.07 bits per heavy atom. The lowest BCUT2D eigenvalue weighted by atomic mass is 10.0. The van der Waals surface area contributed by atoms with E-state index in [0.29, 0.717) is 55.5 Å². The number of aromatic nitrogens is 1. The normalized spacial score (nSPS) is 17.7. The number of carbonyl (C=O) groups excluding carboxylic acids is 2. The van der Waals surface area contributed by atoms with Crippen LogP contribution in [0.2, 0.25) is 0 Å². The van der Waals surface area contributed by atoms with Gasteiger partial charge in [0.05, 0.1) is 11.1 Å². The largest absolute Gasteiger partial charge is 0.451 e. The molecule has 4 aromatic rings. The van der Waals surface area contributed by atoms with Gasteiger partial charge in [-0.05, 0) is 74.7 Å². The highest BCUT2D eigenvalue weighted by Crippen LogP contribution is 2.46. The van der Waals surface area contributed by atoms with Crippen molar-refractivity contribution in [3.63, 3.8) is 0 Å². The van der Waals surface area contributed by atoms with Crippen molar-refractivity contribution < 1.29 is 18.7 Å². The van der Waals surface area contributed by atoms with E-state index in [9.17, 15) is 14.4 Å². The molecule has 9 nitrogen and oxygen atoms in total. The highest BCUT2D eigenvalue weighted by atomic mass is 19.1. The Balaban J connectivity index is 1.26. The summed E-state index contributed by atoms with van der Waals surface area (Å²) in [6, 6.07) is 13.3. The molecule has 3 aliphatic rings. The summed E-state index contributed by atoms with van der Waals surface area (Å²) in [7, 11) is 2.09. The lowest BCUT2D eigenvalue weighted by molar-refractivity contribution is -0.127. The lowest BCUT2D eigenvalue weighted by Crippen LogP contribution is -2.34. The van der Waals surface area contributed by atoms with Gasteiger partial charge in [0.25, 0.3) is 5.91 Å². The number of rotatable bonds is 9. The molecule has 0 saturated carbocycles. The molecule has 2 fully saturated rings. The molecule has 1 aromatic heterocycles. The van der Waals surface area contributed by atoms with E-state index in [1.165, 1.54) is 6.07 Å². The number of likely N-dealkylation sites (tertiary alicyclic amines) is 2. The molecular weight excluding hydrogens is 561 g/mol. The topological polar surface area (TPSA) is 95.9 Å². The zero-order valence-corrected chi connectivity index (χ0v) is 24.8. The zero-order chi connectivity index (χ0) is 30.4. The molecule has 4 heterocycles. The van der Waals surface area contributed by atoms with Crippen molar-refractivity contribution in [1.82, 2.24) is 19.7 Å². The first-order valence-corrected chi connectivity index (χ1v) is 15.5. The van der Waals surface area contributed by atoms with Crippen molar-refractivity contribution in [1.29, 1.82) is 0 Å². The van der Waals surface area contributed by atoms with E-state index in [0.717, 1.165) is 49.5 Å². The second kappa shape index (κ2) is 11.6. The number of nitrogens with zero attached hydrogens (tertiary/aromatic N) is 3. The van der Waals surface area contributed by atoms with Crippen LogP contribution in [0.3, 0.4) is 0 Å². The maximum absolute atomic E-state index is 15.8. The van der Waals surface area contributed by atoms with Crippen molar-refractivity contribution in [3.05, 3.63) is 70.3 Å². The van der Waals surface area contributed by atoms with Gasteiger partial charge >= 0.3 is 0 Å². The van der Waals surface area contributed by atoms with Crippen molar-refractivity contribution in [3.8, 4) is 17.2 Å². The van der Waals surface area contributed by atoms with E-state index in [4.69, 9.17) is 4.74 Å². The minimum atomic E-state index is -0.639. The maximum atomic E-state index is 15.8. The van der Waals surface area contributed by atoms with Crippen LogP contribution in [-0.2, 0) is 4.79 Å². The van der Waals surface area contributed by atoms with Gasteiger partial charge in [-0.2, -0.15) is 0 Å². The van der Waals surface area contributed by atoms with Crippen molar-refractivity contribution in [2.45, 2.75) is 44.6 Å². The highest BCUT2D eigenvalue weighted by molar-refractivity contribution is 6.02. The highest BCUT2D eigenvalue weighted by Gasteiger charge is 2.29. The smallest absolute Gasteiger partial charge is 0.256 e. The minimum absolute atomic E-state index is 0.0420. The number of fused-ring (bicyclic) bond motifs is 3. The number of benzene rings is 3. The first-order chi connectivity index (χ1) is 21.4. The number of hydrogen-bond acceptors (Lipinski definition) is 6. The van der Waals surface area contributed by atoms with Crippen LogP contribution in [0.25, 0.3) is 27.4 Å². The molecule has 1 atom stereocenters. The van der Waals surface area contributed by atoms with Crippen LogP contribution < -0.4 is 20.8 Å². The maximum Gasteiger partial charge on any atom is 0.256 e. The fourth-order valence-corrected chi connectivity index (χ4v) is 6.84. The number of halogens is 1. The molecule has 0 bridgehead atoms. The molecule has 2 saturated heterocycles. The Morgan fingerprint density at radius 2 is 1.89 bits per heavy atom. The molecular formula is C34H36FN5O4. The van der Waals surface area contributed by atoms with E-state index in [-0.39, 0.29) is 28.3 Å². The summed E-state index contributed by atoms with van der Waals surface area (Å²) in [4.78, 5) is 43.3. The van der Waals surface area contributed by atoms with Crippen LogP contribution in [0.15, 0.2) is 53.5 Å². The zero-order valence-electron chi connectivity index (χ0n) is 24.8. The standard InChI is InChI=1S/C34H36FN5O4/c1-38-14-4-9-23(38)11-13-37-34(43)25-20-40-27-17-21-7-2-3-8-22(21)18-28(27)44-33-30(26(35)19-24(31(33)40)32(25)42)36-12-6-16-39-15-5-10-29(39)41/h2-3,7-8,17-20,23,36H,4-6,9-16H2,1H3,(H,37,43). The molecule has 44 heavy (non-hydrogen) atoms. The average Bonchev–Trinajstić information content (AvgIpc) is 3.63. The summed E-state index contributed by atoms with van der Waals surface area (Å²) in [5.74, 6) is -0.268. The summed E-state index contributed by atoms with van der Waals surface area (Å²) in [6.45, 7) is 3.25. The Kier molecular flexibility index (Phi) is 7.45. The van der Waals surface area contributed by atoms with Crippen LogP contribution in [0, 0.1) is 5.82 Å². The van der Waals surface area contributed by atoms with E-state index in [2.05, 4.69) is 22.6 Å². The Labute approximate surface area is 254 Å². The van der Waals surface area contributed by atoms with Crippen LogP contribution in [-0.4, -0.2) is 72.0 Å². The molecule has 3 aliphatic heterocycles. The molecule has 2 N–H and O–H groups in total. The van der Waals surface area contributed by atoms with Gasteiger partial charge < -0.3 is 29.7 Å². The number of amides is 2. The Morgan fingerprint density at radius 3 is 2.64 bits per heavy atom. The Bertz CT molecular complexity index is 1850. The minimum Gasteiger partial charge on any atom is -0.451 e. The first kappa shape index (κ1) is 28.3. The fourth-order valence-electron chi connectivity index (χ4n) is 6.84.